The molecular formula is C11H12BrClFNO. The maximum Gasteiger partial charge on any atom is 0.145 e. The number of rotatable bonds is 3. The fraction of sp³-hybridized carbons (Fsp3) is 0.455. The monoisotopic (exact) mass is 307 g/mol. The minimum atomic E-state index is -0.459. The van der Waals surface area contributed by atoms with Crippen molar-refractivity contribution in [3.63, 3.8) is 0 Å². The van der Waals surface area contributed by atoms with Crippen LogP contribution in [0.25, 0.3) is 0 Å². The normalized spacial score (nSPS) is 20.1. The van der Waals surface area contributed by atoms with Crippen LogP contribution in [0.2, 0.25) is 5.02 Å². The highest BCUT2D eigenvalue weighted by Gasteiger charge is 2.15. The summed E-state index contributed by atoms with van der Waals surface area (Å²) in [6.07, 6.45) is 2.28. The van der Waals surface area contributed by atoms with E-state index in [-0.39, 0.29) is 5.02 Å². The molecule has 88 valence electrons. The van der Waals surface area contributed by atoms with E-state index in [1.807, 2.05) is 0 Å². The van der Waals surface area contributed by atoms with Crippen molar-refractivity contribution in [2.24, 2.45) is 0 Å². The van der Waals surface area contributed by atoms with E-state index < -0.39 is 5.82 Å². The maximum absolute atomic E-state index is 13.2. The molecule has 1 aromatic rings. The van der Waals surface area contributed by atoms with Gasteiger partial charge in [-0.15, -0.1) is 0 Å². The Balaban J connectivity index is 2.00. The topological polar surface area (TPSA) is 21.3 Å². The lowest BCUT2D eigenvalue weighted by Gasteiger charge is -2.13. The van der Waals surface area contributed by atoms with E-state index in [2.05, 4.69) is 21.2 Å². The number of nitrogens with one attached hydrogen (secondary N) is 1. The van der Waals surface area contributed by atoms with Crippen LogP contribution in [0.4, 0.5) is 4.39 Å². The van der Waals surface area contributed by atoms with E-state index in [1.54, 1.807) is 0 Å². The Morgan fingerprint density at radius 3 is 3.06 bits per heavy atom. The fourth-order valence-corrected chi connectivity index (χ4v) is 2.46. The second-order valence-corrected chi connectivity index (χ2v) is 5.06. The van der Waals surface area contributed by atoms with Gasteiger partial charge in [0.15, 0.2) is 0 Å². The lowest BCUT2D eigenvalue weighted by Crippen LogP contribution is -2.28. The summed E-state index contributed by atoms with van der Waals surface area (Å²) >= 11 is 8.93. The second-order valence-electron chi connectivity index (χ2n) is 3.80. The van der Waals surface area contributed by atoms with Crippen LogP contribution in [0.3, 0.4) is 0 Å². The minimum absolute atomic E-state index is 0.0956. The van der Waals surface area contributed by atoms with Crippen LogP contribution in [-0.4, -0.2) is 19.2 Å². The van der Waals surface area contributed by atoms with E-state index >= 15 is 0 Å². The van der Waals surface area contributed by atoms with Crippen molar-refractivity contribution in [3.05, 3.63) is 27.4 Å². The quantitative estimate of drug-likeness (QED) is 0.865. The first-order chi connectivity index (χ1) is 7.66. The number of ether oxygens (including phenoxy) is 1. The lowest BCUT2D eigenvalue weighted by molar-refractivity contribution is 0.274. The SMILES string of the molecule is Fc1cc(OC[C@H]2CCCN2)c(Br)cc1Cl. The molecule has 1 saturated heterocycles. The third kappa shape index (κ3) is 2.87. The average Bonchev–Trinajstić information content (AvgIpc) is 2.74. The molecular weight excluding hydrogens is 296 g/mol. The summed E-state index contributed by atoms with van der Waals surface area (Å²) in [5, 5.41) is 3.41. The summed E-state index contributed by atoms with van der Waals surface area (Å²) in [5.74, 6) is 0.0369. The van der Waals surface area contributed by atoms with E-state index in [0.29, 0.717) is 22.9 Å². The van der Waals surface area contributed by atoms with Gasteiger partial charge in [0.25, 0.3) is 0 Å². The van der Waals surface area contributed by atoms with Gasteiger partial charge in [-0.25, -0.2) is 4.39 Å². The summed E-state index contributed by atoms with van der Waals surface area (Å²) < 4.78 is 19.4. The Bertz CT molecular complexity index is 382. The van der Waals surface area contributed by atoms with Crippen molar-refractivity contribution in [2.45, 2.75) is 18.9 Å². The van der Waals surface area contributed by atoms with Gasteiger partial charge in [-0.05, 0) is 41.4 Å². The molecule has 1 fully saturated rings. The molecule has 1 atom stereocenters. The van der Waals surface area contributed by atoms with E-state index in [1.165, 1.54) is 18.6 Å². The molecule has 1 aliphatic rings. The molecule has 0 radical (unpaired) electrons. The van der Waals surface area contributed by atoms with Gasteiger partial charge in [0.05, 0.1) is 9.50 Å². The first-order valence-corrected chi connectivity index (χ1v) is 6.34. The number of hydrogen-bond acceptors (Lipinski definition) is 2. The number of hydrogen-bond donors (Lipinski definition) is 1. The zero-order chi connectivity index (χ0) is 11.5. The Hall–Kier alpha value is -0.320. The summed E-state index contributed by atoms with van der Waals surface area (Å²) in [4.78, 5) is 0. The first-order valence-electron chi connectivity index (χ1n) is 5.17. The first kappa shape index (κ1) is 12.1. The average molecular weight is 309 g/mol. The summed E-state index contributed by atoms with van der Waals surface area (Å²) in [7, 11) is 0. The summed E-state index contributed by atoms with van der Waals surface area (Å²) in [6, 6.07) is 3.18. The zero-order valence-electron chi connectivity index (χ0n) is 8.60. The van der Waals surface area contributed by atoms with Crippen molar-refractivity contribution in [3.8, 4) is 5.75 Å². The van der Waals surface area contributed by atoms with Gasteiger partial charge in [-0.3, -0.25) is 0 Å². The molecule has 0 saturated carbocycles. The van der Waals surface area contributed by atoms with Gasteiger partial charge in [-0.1, -0.05) is 11.6 Å². The van der Waals surface area contributed by atoms with Crippen LogP contribution in [0.5, 0.6) is 5.75 Å². The van der Waals surface area contributed by atoms with E-state index in [9.17, 15) is 4.39 Å². The number of halogens is 3. The Labute approximate surface area is 107 Å². The molecule has 0 unspecified atom stereocenters. The molecule has 0 amide bonds. The van der Waals surface area contributed by atoms with Crippen molar-refractivity contribution in [1.29, 1.82) is 0 Å². The predicted octanol–water partition coefficient (Wildman–Crippen LogP) is 3.37. The van der Waals surface area contributed by atoms with Gasteiger partial charge in [0, 0.05) is 12.1 Å². The molecule has 16 heavy (non-hydrogen) atoms. The third-order valence-electron chi connectivity index (χ3n) is 2.58. The summed E-state index contributed by atoms with van der Waals surface area (Å²) in [6.45, 7) is 1.59. The van der Waals surface area contributed by atoms with Crippen molar-refractivity contribution in [1.82, 2.24) is 5.32 Å². The Morgan fingerprint density at radius 1 is 1.56 bits per heavy atom. The molecule has 1 heterocycles. The Kier molecular flexibility index (Phi) is 4.05. The standard InChI is InChI=1S/C11H12BrClFNO/c12-8-4-9(13)10(14)5-11(8)16-6-7-2-1-3-15-7/h4-5,7,15H,1-3,6H2/t7-/m1/s1. The van der Waals surface area contributed by atoms with Crippen LogP contribution < -0.4 is 10.1 Å². The van der Waals surface area contributed by atoms with E-state index in [4.69, 9.17) is 16.3 Å². The van der Waals surface area contributed by atoms with Crippen LogP contribution in [0.15, 0.2) is 16.6 Å². The molecule has 2 rings (SSSR count). The molecule has 0 bridgehead atoms. The predicted molar refractivity (Wildman–Crippen MR) is 65.6 cm³/mol. The van der Waals surface area contributed by atoms with Crippen LogP contribution >= 0.6 is 27.5 Å². The van der Waals surface area contributed by atoms with E-state index in [0.717, 1.165) is 13.0 Å². The molecule has 1 aliphatic heterocycles. The van der Waals surface area contributed by atoms with Crippen molar-refractivity contribution >= 4 is 27.5 Å². The molecule has 1 aromatic carbocycles. The second kappa shape index (κ2) is 5.34. The fourth-order valence-electron chi connectivity index (χ4n) is 1.70. The van der Waals surface area contributed by atoms with Crippen molar-refractivity contribution < 1.29 is 9.13 Å². The number of benzene rings is 1. The molecule has 0 spiro atoms. The largest absolute Gasteiger partial charge is 0.491 e. The molecule has 2 nitrogen and oxygen atoms in total. The summed E-state index contributed by atoms with van der Waals surface area (Å²) in [5.41, 5.74) is 0. The highest BCUT2D eigenvalue weighted by atomic mass is 79.9. The highest BCUT2D eigenvalue weighted by molar-refractivity contribution is 9.10. The van der Waals surface area contributed by atoms with Gasteiger partial charge in [-0.2, -0.15) is 0 Å². The van der Waals surface area contributed by atoms with Gasteiger partial charge < -0.3 is 10.1 Å². The zero-order valence-corrected chi connectivity index (χ0v) is 10.9. The maximum atomic E-state index is 13.2. The molecule has 1 N–H and O–H groups in total. The van der Waals surface area contributed by atoms with Crippen molar-refractivity contribution in [2.75, 3.05) is 13.2 Å². The minimum Gasteiger partial charge on any atom is -0.491 e. The molecule has 0 aromatic heterocycles. The van der Waals surface area contributed by atoms with Gasteiger partial charge in [0.1, 0.15) is 18.2 Å². The lowest BCUT2D eigenvalue weighted by atomic mass is 10.2. The van der Waals surface area contributed by atoms with Crippen LogP contribution in [-0.2, 0) is 0 Å². The highest BCUT2D eigenvalue weighted by Crippen LogP contribution is 2.30. The van der Waals surface area contributed by atoms with Crippen LogP contribution in [0, 0.1) is 5.82 Å². The molecule has 5 heteroatoms. The Morgan fingerprint density at radius 2 is 2.38 bits per heavy atom. The van der Waals surface area contributed by atoms with Gasteiger partial charge >= 0.3 is 0 Å². The smallest absolute Gasteiger partial charge is 0.145 e. The van der Waals surface area contributed by atoms with Crippen LogP contribution in [0.1, 0.15) is 12.8 Å². The van der Waals surface area contributed by atoms with Gasteiger partial charge in [0.2, 0.25) is 0 Å². The third-order valence-corrected chi connectivity index (χ3v) is 3.49. The molecule has 0 aliphatic carbocycles.